The summed E-state index contributed by atoms with van der Waals surface area (Å²) < 4.78 is 1.64. The number of aromatic nitrogens is 2. The molecule has 1 amide bonds. The molecule has 0 bridgehead atoms. The minimum absolute atomic E-state index is 0.0391. The minimum Gasteiger partial charge on any atom is -0.356 e. The van der Waals surface area contributed by atoms with Gasteiger partial charge in [-0.2, -0.15) is 0 Å². The van der Waals surface area contributed by atoms with E-state index >= 15 is 0 Å². The van der Waals surface area contributed by atoms with Gasteiger partial charge in [0.15, 0.2) is 5.16 Å². The van der Waals surface area contributed by atoms with E-state index in [1.165, 1.54) is 23.1 Å². The van der Waals surface area contributed by atoms with Crippen LogP contribution in [0, 0.1) is 0 Å². The average molecular weight is 386 g/mol. The molecule has 0 saturated heterocycles. The summed E-state index contributed by atoms with van der Waals surface area (Å²) in [6.07, 6.45) is 2.29. The first kappa shape index (κ1) is 17.3. The van der Waals surface area contributed by atoms with Gasteiger partial charge in [-0.05, 0) is 48.8 Å². The van der Waals surface area contributed by atoms with Gasteiger partial charge in [0.2, 0.25) is 5.91 Å². The van der Waals surface area contributed by atoms with Crippen molar-refractivity contribution in [3.63, 3.8) is 0 Å². The number of thiophene rings is 1. The van der Waals surface area contributed by atoms with E-state index in [0.717, 1.165) is 34.3 Å². The molecule has 5 nitrogen and oxygen atoms in total. The molecule has 2 aromatic heterocycles. The zero-order chi connectivity index (χ0) is 18.1. The highest BCUT2D eigenvalue weighted by Crippen LogP contribution is 2.44. The number of rotatable bonds is 6. The average Bonchev–Trinajstić information content (AvgIpc) is 3.40. The smallest absolute Gasteiger partial charge is 0.267 e. The van der Waals surface area contributed by atoms with E-state index in [9.17, 15) is 9.59 Å². The van der Waals surface area contributed by atoms with Crippen LogP contribution in [0.2, 0.25) is 0 Å². The number of hydrogen-bond acceptors (Lipinski definition) is 5. The molecule has 1 aliphatic carbocycles. The molecule has 0 spiro atoms. The van der Waals surface area contributed by atoms with Crippen LogP contribution in [0.25, 0.3) is 15.9 Å². The molecule has 0 aliphatic heterocycles. The first-order valence-corrected chi connectivity index (χ1v) is 10.5. The summed E-state index contributed by atoms with van der Waals surface area (Å²) in [4.78, 5) is 30.7. The van der Waals surface area contributed by atoms with Crippen LogP contribution in [0.5, 0.6) is 0 Å². The van der Waals surface area contributed by atoms with Crippen LogP contribution in [0.1, 0.15) is 31.2 Å². The molecule has 4 rings (SSSR count). The third-order valence-electron chi connectivity index (χ3n) is 4.34. The van der Waals surface area contributed by atoms with E-state index in [0.29, 0.717) is 17.6 Å². The summed E-state index contributed by atoms with van der Waals surface area (Å²) >= 11 is 2.82. The van der Waals surface area contributed by atoms with Crippen LogP contribution < -0.4 is 10.9 Å². The number of fused-ring (bicyclic) bond motifs is 1. The maximum atomic E-state index is 13.4. The summed E-state index contributed by atoms with van der Waals surface area (Å²) in [6, 6.07) is 9.52. The first-order valence-electron chi connectivity index (χ1n) is 8.68. The van der Waals surface area contributed by atoms with Crippen molar-refractivity contribution >= 4 is 39.2 Å². The van der Waals surface area contributed by atoms with Crippen LogP contribution in [-0.2, 0) is 4.79 Å². The Balaban J connectivity index is 1.84. The van der Waals surface area contributed by atoms with Gasteiger partial charge in [-0.25, -0.2) is 4.98 Å². The maximum absolute atomic E-state index is 13.4. The maximum Gasteiger partial charge on any atom is 0.267 e. The Labute approximate surface area is 159 Å². The van der Waals surface area contributed by atoms with Crippen LogP contribution in [-0.4, -0.2) is 27.8 Å². The fourth-order valence-corrected chi connectivity index (χ4v) is 4.87. The standard InChI is InChI=1S/C19H19N3O2S2/c1-2-20-15(23)11-26-19-21-17-16(14(10-25-17)12-8-9-12)18(24)22(19)13-6-4-3-5-7-13/h3-7,10,12H,2,8-9,11H2,1H3,(H,20,23). The molecule has 26 heavy (non-hydrogen) atoms. The molecule has 1 N–H and O–H groups in total. The Hall–Kier alpha value is -2.12. The second kappa shape index (κ2) is 7.25. The fourth-order valence-electron chi connectivity index (χ4n) is 2.97. The lowest BCUT2D eigenvalue weighted by molar-refractivity contribution is -0.118. The number of hydrogen-bond donors (Lipinski definition) is 1. The van der Waals surface area contributed by atoms with Gasteiger partial charge in [0.25, 0.3) is 5.56 Å². The molecular weight excluding hydrogens is 366 g/mol. The van der Waals surface area contributed by atoms with E-state index in [-0.39, 0.29) is 17.2 Å². The summed E-state index contributed by atoms with van der Waals surface area (Å²) in [5.41, 5.74) is 1.87. The van der Waals surface area contributed by atoms with Gasteiger partial charge in [-0.1, -0.05) is 30.0 Å². The summed E-state index contributed by atoms with van der Waals surface area (Å²) in [5.74, 6) is 0.673. The molecule has 7 heteroatoms. The molecule has 134 valence electrons. The highest BCUT2D eigenvalue weighted by Gasteiger charge is 2.29. The fraction of sp³-hybridized carbons (Fsp3) is 0.316. The minimum atomic E-state index is -0.0590. The van der Waals surface area contributed by atoms with Gasteiger partial charge in [0, 0.05) is 6.54 Å². The van der Waals surface area contributed by atoms with E-state index in [1.807, 2.05) is 37.3 Å². The SMILES string of the molecule is CCNC(=O)CSc1nc2scc(C3CC3)c2c(=O)n1-c1ccccc1. The molecule has 1 aromatic carbocycles. The molecule has 0 radical (unpaired) electrons. The molecular formula is C19H19N3O2S2. The molecule has 0 atom stereocenters. The monoisotopic (exact) mass is 385 g/mol. The molecule has 1 aliphatic rings. The van der Waals surface area contributed by atoms with Gasteiger partial charge < -0.3 is 5.32 Å². The van der Waals surface area contributed by atoms with Crippen LogP contribution in [0.3, 0.4) is 0 Å². The lowest BCUT2D eigenvalue weighted by Gasteiger charge is -2.12. The van der Waals surface area contributed by atoms with E-state index < -0.39 is 0 Å². The van der Waals surface area contributed by atoms with Crippen molar-refractivity contribution in [2.45, 2.75) is 30.8 Å². The second-order valence-corrected chi connectivity index (χ2v) is 8.06. The molecule has 1 fully saturated rings. The summed E-state index contributed by atoms with van der Waals surface area (Å²) in [6.45, 7) is 2.48. The summed E-state index contributed by atoms with van der Waals surface area (Å²) in [5, 5.41) is 6.15. The predicted molar refractivity (Wildman–Crippen MR) is 107 cm³/mol. The third-order valence-corrected chi connectivity index (χ3v) is 6.17. The topological polar surface area (TPSA) is 64.0 Å². The van der Waals surface area contributed by atoms with Crippen molar-refractivity contribution < 1.29 is 4.79 Å². The van der Waals surface area contributed by atoms with Crippen LogP contribution >= 0.6 is 23.1 Å². The zero-order valence-electron chi connectivity index (χ0n) is 14.4. The first-order chi connectivity index (χ1) is 12.7. The van der Waals surface area contributed by atoms with E-state index in [4.69, 9.17) is 4.98 Å². The van der Waals surface area contributed by atoms with Crippen molar-refractivity contribution in [3.8, 4) is 5.69 Å². The van der Waals surface area contributed by atoms with Crippen molar-refractivity contribution in [2.75, 3.05) is 12.3 Å². The number of carbonyl (C=O) groups excluding carboxylic acids is 1. The third kappa shape index (κ3) is 3.29. The van der Waals surface area contributed by atoms with Gasteiger partial charge in [0.1, 0.15) is 4.83 Å². The van der Waals surface area contributed by atoms with E-state index in [2.05, 4.69) is 10.7 Å². The van der Waals surface area contributed by atoms with Crippen LogP contribution in [0.15, 0.2) is 45.7 Å². The zero-order valence-corrected chi connectivity index (χ0v) is 16.0. The lowest BCUT2D eigenvalue weighted by atomic mass is 10.1. The lowest BCUT2D eigenvalue weighted by Crippen LogP contribution is -2.26. The number of carbonyl (C=O) groups is 1. The van der Waals surface area contributed by atoms with E-state index in [1.54, 1.807) is 4.57 Å². The predicted octanol–water partition coefficient (Wildman–Crippen LogP) is 3.55. The van der Waals surface area contributed by atoms with Gasteiger partial charge in [0.05, 0.1) is 16.8 Å². The molecule has 3 aromatic rings. The summed E-state index contributed by atoms with van der Waals surface area (Å²) in [7, 11) is 0. The Morgan fingerprint density at radius 1 is 1.35 bits per heavy atom. The van der Waals surface area contributed by atoms with Crippen LogP contribution in [0.4, 0.5) is 0 Å². The van der Waals surface area contributed by atoms with Gasteiger partial charge >= 0.3 is 0 Å². The number of para-hydroxylation sites is 1. The number of amides is 1. The largest absolute Gasteiger partial charge is 0.356 e. The van der Waals surface area contributed by atoms with Gasteiger partial charge in [-0.15, -0.1) is 11.3 Å². The number of thioether (sulfide) groups is 1. The van der Waals surface area contributed by atoms with Crippen molar-refractivity contribution in [1.29, 1.82) is 0 Å². The normalized spacial score (nSPS) is 13.9. The molecule has 0 unspecified atom stereocenters. The van der Waals surface area contributed by atoms with Gasteiger partial charge in [-0.3, -0.25) is 14.2 Å². The Morgan fingerprint density at radius 3 is 2.81 bits per heavy atom. The highest BCUT2D eigenvalue weighted by molar-refractivity contribution is 7.99. The Morgan fingerprint density at radius 2 is 2.12 bits per heavy atom. The number of nitrogens with zero attached hydrogens (tertiary/aromatic N) is 2. The highest BCUT2D eigenvalue weighted by atomic mass is 32.2. The van der Waals surface area contributed by atoms with Crippen molar-refractivity contribution in [3.05, 3.63) is 51.6 Å². The molecule has 2 heterocycles. The number of nitrogens with one attached hydrogen (secondary N) is 1. The quantitative estimate of drug-likeness (QED) is 0.521. The second-order valence-electron chi connectivity index (χ2n) is 6.26. The molecule has 1 saturated carbocycles. The number of benzene rings is 1. The van der Waals surface area contributed by atoms with Crippen molar-refractivity contribution in [2.24, 2.45) is 0 Å². The Kier molecular flexibility index (Phi) is 4.82. The van der Waals surface area contributed by atoms with Crippen molar-refractivity contribution in [1.82, 2.24) is 14.9 Å². The Bertz CT molecular complexity index is 1010.